The van der Waals surface area contributed by atoms with E-state index in [0.717, 1.165) is 22.3 Å². The number of anilines is 1. The van der Waals surface area contributed by atoms with E-state index in [-0.39, 0.29) is 5.82 Å². The molecule has 0 aliphatic rings. The summed E-state index contributed by atoms with van der Waals surface area (Å²) >= 11 is 0. The van der Waals surface area contributed by atoms with Gasteiger partial charge >= 0.3 is 0 Å². The molecule has 2 aromatic carbocycles. The topological polar surface area (TPSA) is 81.2 Å². The van der Waals surface area contributed by atoms with Gasteiger partial charge in [0.1, 0.15) is 17.5 Å². The van der Waals surface area contributed by atoms with Gasteiger partial charge in [0.05, 0.1) is 14.2 Å². The number of nitriles is 1. The molecular weight excluding hydrogens is 326 g/mol. The lowest BCUT2D eigenvalue weighted by atomic mass is 9.91. The first-order valence-electron chi connectivity index (χ1n) is 8.07. The Balaban J connectivity index is 2.38. The van der Waals surface area contributed by atoms with Crippen LogP contribution in [0.4, 0.5) is 5.82 Å². The Bertz CT molecular complexity index is 989. The number of rotatable bonds is 4. The normalized spacial score (nSPS) is 10.2. The summed E-state index contributed by atoms with van der Waals surface area (Å²) in [6.07, 6.45) is 1.69. The fraction of sp³-hybridized carbons (Fsp3) is 0.143. The number of ether oxygens (including phenoxy) is 2. The number of aryl methyl sites for hydroxylation is 1. The van der Waals surface area contributed by atoms with Gasteiger partial charge in [-0.15, -0.1) is 0 Å². The number of nitrogen functional groups attached to an aromatic ring is 1. The molecule has 3 rings (SSSR count). The number of pyridine rings is 1. The number of methoxy groups -OCH3 is 2. The SMILES string of the molecule is COc1cccc(-c2c(-c3ccc(C)cc3)cnc(N)c2C#N)c1OC. The maximum absolute atomic E-state index is 9.72. The second-order valence-electron chi connectivity index (χ2n) is 5.83. The van der Waals surface area contributed by atoms with Crippen molar-refractivity contribution in [3.8, 4) is 39.8 Å². The highest BCUT2D eigenvalue weighted by Crippen LogP contribution is 2.44. The Morgan fingerprint density at radius 2 is 1.73 bits per heavy atom. The fourth-order valence-corrected chi connectivity index (χ4v) is 2.95. The molecule has 1 heterocycles. The summed E-state index contributed by atoms with van der Waals surface area (Å²) in [6.45, 7) is 2.03. The first kappa shape index (κ1) is 17.3. The predicted octanol–water partition coefficient (Wildman–Crippen LogP) is 4.20. The molecular formula is C21H19N3O2. The summed E-state index contributed by atoms with van der Waals surface area (Å²) in [4.78, 5) is 4.22. The van der Waals surface area contributed by atoms with Crippen molar-refractivity contribution in [3.63, 3.8) is 0 Å². The van der Waals surface area contributed by atoms with E-state index < -0.39 is 0 Å². The first-order valence-corrected chi connectivity index (χ1v) is 8.07. The molecule has 0 atom stereocenters. The first-order chi connectivity index (χ1) is 12.6. The number of aromatic nitrogens is 1. The zero-order chi connectivity index (χ0) is 18.7. The van der Waals surface area contributed by atoms with Gasteiger partial charge in [0.25, 0.3) is 0 Å². The summed E-state index contributed by atoms with van der Waals surface area (Å²) < 4.78 is 11.0. The van der Waals surface area contributed by atoms with Crippen molar-refractivity contribution >= 4 is 5.82 Å². The molecule has 0 amide bonds. The summed E-state index contributed by atoms with van der Waals surface area (Å²) in [5.74, 6) is 1.31. The molecule has 0 aliphatic carbocycles. The highest BCUT2D eigenvalue weighted by molar-refractivity contribution is 5.92. The lowest BCUT2D eigenvalue weighted by Gasteiger charge is -2.17. The van der Waals surface area contributed by atoms with Crippen molar-refractivity contribution in [1.82, 2.24) is 4.98 Å². The summed E-state index contributed by atoms with van der Waals surface area (Å²) in [6, 6.07) is 15.8. The number of nitrogens with zero attached hydrogens (tertiary/aromatic N) is 2. The number of hydrogen-bond donors (Lipinski definition) is 1. The molecule has 0 radical (unpaired) electrons. The number of nitrogens with two attached hydrogens (primary N) is 1. The summed E-state index contributed by atoms with van der Waals surface area (Å²) in [5, 5.41) is 9.72. The molecule has 0 bridgehead atoms. The fourth-order valence-electron chi connectivity index (χ4n) is 2.95. The van der Waals surface area contributed by atoms with Crippen LogP contribution in [0.2, 0.25) is 0 Å². The van der Waals surface area contributed by atoms with E-state index in [1.807, 2.05) is 49.4 Å². The third-order valence-corrected chi connectivity index (χ3v) is 4.25. The van der Waals surface area contributed by atoms with Crippen LogP contribution in [0.15, 0.2) is 48.7 Å². The molecule has 26 heavy (non-hydrogen) atoms. The minimum absolute atomic E-state index is 0.184. The summed E-state index contributed by atoms with van der Waals surface area (Å²) in [7, 11) is 3.15. The lowest BCUT2D eigenvalue weighted by Crippen LogP contribution is -2.01. The molecule has 0 spiro atoms. The molecule has 5 nitrogen and oxygen atoms in total. The largest absolute Gasteiger partial charge is 0.493 e. The second-order valence-corrected chi connectivity index (χ2v) is 5.83. The average Bonchev–Trinajstić information content (AvgIpc) is 2.67. The Hall–Kier alpha value is -3.52. The van der Waals surface area contributed by atoms with Gasteiger partial charge in [-0.25, -0.2) is 4.98 Å². The van der Waals surface area contributed by atoms with Crippen LogP contribution in [0.25, 0.3) is 22.3 Å². The van der Waals surface area contributed by atoms with Crippen LogP contribution in [0.1, 0.15) is 11.1 Å². The van der Waals surface area contributed by atoms with Gasteiger partial charge in [0, 0.05) is 22.9 Å². The molecule has 0 saturated carbocycles. The molecule has 0 aliphatic heterocycles. The lowest BCUT2D eigenvalue weighted by molar-refractivity contribution is 0.356. The minimum atomic E-state index is 0.184. The second kappa shape index (κ2) is 7.16. The number of benzene rings is 2. The Morgan fingerprint density at radius 3 is 2.35 bits per heavy atom. The van der Waals surface area contributed by atoms with Crippen molar-refractivity contribution in [2.24, 2.45) is 0 Å². The zero-order valence-corrected chi connectivity index (χ0v) is 14.9. The van der Waals surface area contributed by atoms with E-state index in [0.29, 0.717) is 22.6 Å². The van der Waals surface area contributed by atoms with Crippen molar-refractivity contribution < 1.29 is 9.47 Å². The van der Waals surface area contributed by atoms with Crippen LogP contribution >= 0.6 is 0 Å². The quantitative estimate of drug-likeness (QED) is 0.766. The van der Waals surface area contributed by atoms with E-state index in [1.165, 1.54) is 0 Å². The van der Waals surface area contributed by atoms with Gasteiger partial charge in [-0.05, 0) is 18.6 Å². The number of para-hydroxylation sites is 1. The smallest absolute Gasteiger partial charge is 0.168 e. The van der Waals surface area contributed by atoms with E-state index in [2.05, 4.69) is 11.1 Å². The molecule has 0 unspecified atom stereocenters. The van der Waals surface area contributed by atoms with Gasteiger partial charge in [-0.3, -0.25) is 0 Å². The molecule has 0 fully saturated rings. The Morgan fingerprint density at radius 1 is 1.00 bits per heavy atom. The van der Waals surface area contributed by atoms with E-state index in [9.17, 15) is 5.26 Å². The maximum Gasteiger partial charge on any atom is 0.168 e. The highest BCUT2D eigenvalue weighted by Gasteiger charge is 2.21. The average molecular weight is 345 g/mol. The monoisotopic (exact) mass is 345 g/mol. The molecule has 1 aromatic heterocycles. The van der Waals surface area contributed by atoms with Crippen LogP contribution in [-0.4, -0.2) is 19.2 Å². The Labute approximate surface area is 152 Å². The van der Waals surface area contributed by atoms with Crippen molar-refractivity contribution in [1.29, 1.82) is 5.26 Å². The third kappa shape index (κ3) is 2.93. The maximum atomic E-state index is 9.72. The van der Waals surface area contributed by atoms with Crippen molar-refractivity contribution in [3.05, 3.63) is 59.8 Å². The van der Waals surface area contributed by atoms with E-state index in [4.69, 9.17) is 15.2 Å². The van der Waals surface area contributed by atoms with Crippen LogP contribution in [-0.2, 0) is 0 Å². The highest BCUT2D eigenvalue weighted by atomic mass is 16.5. The standard InChI is InChI=1S/C21H19N3O2/c1-13-7-9-14(10-8-13)17-12-24-21(23)16(11-22)19(17)15-5-4-6-18(25-2)20(15)26-3/h4-10,12H,1-3H3,(H2,23,24). The van der Waals surface area contributed by atoms with Crippen molar-refractivity contribution in [2.75, 3.05) is 20.0 Å². The third-order valence-electron chi connectivity index (χ3n) is 4.25. The Kier molecular flexibility index (Phi) is 4.76. The van der Waals surface area contributed by atoms with Crippen LogP contribution in [0.5, 0.6) is 11.5 Å². The molecule has 5 heteroatoms. The van der Waals surface area contributed by atoms with Gasteiger partial charge in [-0.1, -0.05) is 42.0 Å². The van der Waals surface area contributed by atoms with E-state index >= 15 is 0 Å². The molecule has 2 N–H and O–H groups in total. The van der Waals surface area contributed by atoms with Crippen molar-refractivity contribution in [2.45, 2.75) is 6.92 Å². The van der Waals surface area contributed by atoms with Gasteiger partial charge in [0.2, 0.25) is 0 Å². The van der Waals surface area contributed by atoms with Gasteiger partial charge < -0.3 is 15.2 Å². The molecule has 130 valence electrons. The summed E-state index contributed by atoms with van der Waals surface area (Å²) in [5.41, 5.74) is 10.6. The van der Waals surface area contributed by atoms with Crippen LogP contribution in [0.3, 0.4) is 0 Å². The van der Waals surface area contributed by atoms with Crippen LogP contribution < -0.4 is 15.2 Å². The number of hydrogen-bond acceptors (Lipinski definition) is 5. The van der Waals surface area contributed by atoms with E-state index in [1.54, 1.807) is 20.4 Å². The predicted molar refractivity (Wildman–Crippen MR) is 102 cm³/mol. The zero-order valence-electron chi connectivity index (χ0n) is 14.9. The molecule has 3 aromatic rings. The van der Waals surface area contributed by atoms with Crippen LogP contribution in [0, 0.1) is 18.3 Å². The molecule has 0 saturated heterocycles. The van der Waals surface area contributed by atoms with Gasteiger partial charge in [-0.2, -0.15) is 5.26 Å². The minimum Gasteiger partial charge on any atom is -0.493 e. The van der Waals surface area contributed by atoms with Gasteiger partial charge in [0.15, 0.2) is 11.5 Å².